The minimum atomic E-state index is -5.45. The first-order chi connectivity index (χ1) is 13.0. The van der Waals surface area contributed by atoms with E-state index < -0.39 is 52.2 Å². The lowest BCUT2D eigenvalue weighted by Crippen LogP contribution is -2.72. The first-order valence-corrected chi connectivity index (χ1v) is 7.60. The van der Waals surface area contributed by atoms with E-state index in [-0.39, 0.29) is 5.56 Å². The van der Waals surface area contributed by atoms with Crippen LogP contribution in [-0.4, -0.2) is 38.7 Å². The Bertz CT molecular complexity index is 931. The maximum Gasteiger partial charge on any atom is 0.437 e. The highest BCUT2D eigenvalue weighted by atomic mass is 19.4. The summed E-state index contributed by atoms with van der Waals surface area (Å²) in [6.45, 7) is 0. The van der Waals surface area contributed by atoms with E-state index in [1.54, 1.807) is 0 Å². The summed E-state index contributed by atoms with van der Waals surface area (Å²) in [7, 11) is 0. The largest absolute Gasteiger partial charge is 0.437 e. The second-order valence-corrected chi connectivity index (χ2v) is 5.86. The van der Waals surface area contributed by atoms with Crippen molar-refractivity contribution >= 4 is 17.7 Å². The molecule has 28 heavy (non-hydrogen) atoms. The van der Waals surface area contributed by atoms with Gasteiger partial charge in [0.05, 0.1) is 6.07 Å². The Balaban J connectivity index is 2.15. The molecule has 0 unspecified atom stereocenters. The summed E-state index contributed by atoms with van der Waals surface area (Å²) in [6.07, 6.45) is -3.19. The summed E-state index contributed by atoms with van der Waals surface area (Å²) in [5, 5.41) is 24.5. The molecule has 0 spiro atoms. The number of carbonyl (C=O) groups excluding carboxylic acids is 2. The number of pyridine rings is 1. The number of hydrogen-bond acceptors (Lipinski definition) is 7. The Labute approximate surface area is 153 Å². The SMILES string of the molecule is O=C1N[C@H](c2ccc([N+](=O)[O-])o2)[C@H](C(=O)c2cccnc2)[C@](O)(C(F)(F)F)N1. The van der Waals surface area contributed by atoms with Gasteiger partial charge >= 0.3 is 18.1 Å². The number of aromatic nitrogens is 1. The van der Waals surface area contributed by atoms with Gasteiger partial charge in [-0.3, -0.25) is 19.9 Å². The summed E-state index contributed by atoms with van der Waals surface area (Å²) in [5.41, 5.74) is -4.24. The van der Waals surface area contributed by atoms with E-state index in [4.69, 9.17) is 4.42 Å². The molecule has 2 amide bonds. The molecule has 13 heteroatoms. The number of furan rings is 1. The van der Waals surface area contributed by atoms with E-state index >= 15 is 0 Å². The fourth-order valence-corrected chi connectivity index (χ4v) is 2.87. The van der Waals surface area contributed by atoms with E-state index in [0.29, 0.717) is 0 Å². The Kier molecular flexibility index (Phi) is 4.54. The Morgan fingerprint density at radius 2 is 2.07 bits per heavy atom. The van der Waals surface area contributed by atoms with Crippen molar-refractivity contribution in [1.29, 1.82) is 0 Å². The summed E-state index contributed by atoms with van der Waals surface area (Å²) in [5.74, 6) is -4.90. The van der Waals surface area contributed by atoms with Gasteiger partial charge in [0.1, 0.15) is 22.6 Å². The van der Waals surface area contributed by atoms with Crippen LogP contribution in [0.1, 0.15) is 22.2 Å². The number of nitro groups is 1. The van der Waals surface area contributed by atoms with Crippen LogP contribution in [0.2, 0.25) is 0 Å². The zero-order valence-corrected chi connectivity index (χ0v) is 13.6. The molecule has 3 heterocycles. The van der Waals surface area contributed by atoms with Crippen LogP contribution in [0.25, 0.3) is 0 Å². The normalized spacial score (nSPS) is 24.9. The maximum atomic E-state index is 13.6. The molecule has 1 aliphatic heterocycles. The van der Waals surface area contributed by atoms with Crippen molar-refractivity contribution < 1.29 is 37.2 Å². The van der Waals surface area contributed by atoms with Gasteiger partial charge in [0.25, 0.3) is 0 Å². The first-order valence-electron chi connectivity index (χ1n) is 7.60. The number of ketones is 1. The Hall–Kier alpha value is -3.48. The molecule has 1 saturated heterocycles. The zero-order chi connectivity index (χ0) is 20.7. The van der Waals surface area contributed by atoms with Crippen molar-refractivity contribution in [3.63, 3.8) is 0 Å². The number of amides is 2. The molecule has 0 radical (unpaired) electrons. The molecule has 0 bridgehead atoms. The number of urea groups is 1. The lowest BCUT2D eigenvalue weighted by atomic mass is 9.79. The molecular formula is C15H11F3N4O6. The van der Waals surface area contributed by atoms with Crippen molar-refractivity contribution in [2.45, 2.75) is 17.9 Å². The van der Waals surface area contributed by atoms with Gasteiger partial charge < -0.3 is 20.2 Å². The van der Waals surface area contributed by atoms with Gasteiger partial charge in [-0.1, -0.05) is 0 Å². The van der Waals surface area contributed by atoms with Crippen molar-refractivity contribution in [3.05, 3.63) is 58.1 Å². The Morgan fingerprint density at radius 1 is 1.36 bits per heavy atom. The highest BCUT2D eigenvalue weighted by molar-refractivity contribution is 6.00. The van der Waals surface area contributed by atoms with Gasteiger partial charge in [0.2, 0.25) is 5.72 Å². The third-order valence-corrected chi connectivity index (χ3v) is 4.13. The fraction of sp³-hybridized carbons (Fsp3) is 0.267. The molecule has 148 valence electrons. The Morgan fingerprint density at radius 3 is 2.61 bits per heavy atom. The number of aliphatic hydroxyl groups is 1. The molecule has 1 fully saturated rings. The minimum Gasteiger partial charge on any atom is -0.404 e. The topological polar surface area (TPSA) is 148 Å². The number of carbonyl (C=O) groups is 2. The van der Waals surface area contributed by atoms with Crippen LogP contribution in [0.15, 0.2) is 41.1 Å². The highest BCUT2D eigenvalue weighted by Gasteiger charge is 2.67. The quantitative estimate of drug-likeness (QED) is 0.402. The van der Waals surface area contributed by atoms with Crippen molar-refractivity contribution in [3.8, 4) is 0 Å². The third kappa shape index (κ3) is 3.15. The molecule has 3 atom stereocenters. The standard InChI is InChI=1S/C15H11F3N4O6/c16-15(17,18)14(25)10(12(23)7-2-1-5-19-6-7)11(20-13(24)21-14)8-3-4-9(28-8)22(26)27/h1-6,10-11,25H,(H2,20,21,24)/t10-,11-,14+/m1/s1. The number of nitrogens with one attached hydrogen (secondary N) is 2. The molecular weight excluding hydrogens is 389 g/mol. The van der Waals surface area contributed by atoms with Crippen molar-refractivity contribution in [2.75, 3.05) is 0 Å². The number of halogens is 3. The molecule has 0 aromatic carbocycles. The van der Waals surface area contributed by atoms with Crippen LogP contribution in [-0.2, 0) is 0 Å². The minimum absolute atomic E-state index is 0.279. The second kappa shape index (κ2) is 6.60. The summed E-state index contributed by atoms with van der Waals surface area (Å²) in [4.78, 5) is 38.1. The maximum absolute atomic E-state index is 13.6. The predicted molar refractivity (Wildman–Crippen MR) is 82.8 cm³/mol. The van der Waals surface area contributed by atoms with Gasteiger partial charge in [-0.05, 0) is 18.2 Å². The highest BCUT2D eigenvalue weighted by Crippen LogP contribution is 2.44. The van der Waals surface area contributed by atoms with Crippen LogP contribution in [0, 0.1) is 16.0 Å². The second-order valence-electron chi connectivity index (χ2n) is 5.86. The number of nitrogens with zero attached hydrogens (tertiary/aromatic N) is 2. The molecule has 0 aliphatic carbocycles. The number of alkyl halides is 3. The average molecular weight is 400 g/mol. The molecule has 2 aromatic heterocycles. The smallest absolute Gasteiger partial charge is 0.404 e. The number of rotatable bonds is 4. The molecule has 1 aliphatic rings. The third-order valence-electron chi connectivity index (χ3n) is 4.13. The van der Waals surface area contributed by atoms with Crippen LogP contribution in [0.3, 0.4) is 0 Å². The van der Waals surface area contributed by atoms with Gasteiger partial charge in [-0.25, -0.2) is 4.79 Å². The summed E-state index contributed by atoms with van der Waals surface area (Å²) >= 11 is 0. The van der Waals surface area contributed by atoms with Crippen molar-refractivity contribution in [2.24, 2.45) is 5.92 Å². The predicted octanol–water partition coefficient (Wildman–Crippen LogP) is 1.69. The van der Waals surface area contributed by atoms with Gasteiger partial charge in [0, 0.05) is 18.0 Å². The van der Waals surface area contributed by atoms with Crippen molar-refractivity contribution in [1.82, 2.24) is 15.6 Å². The van der Waals surface area contributed by atoms with Crippen LogP contribution >= 0.6 is 0 Å². The molecule has 3 N–H and O–H groups in total. The van der Waals surface area contributed by atoms with E-state index in [1.807, 2.05) is 5.32 Å². The van der Waals surface area contributed by atoms with E-state index in [9.17, 15) is 38.0 Å². The van der Waals surface area contributed by atoms with Gasteiger partial charge in [0.15, 0.2) is 5.78 Å². The molecule has 3 rings (SSSR count). The first kappa shape index (κ1) is 19.3. The van der Waals surface area contributed by atoms with Crippen LogP contribution in [0.4, 0.5) is 23.8 Å². The molecule has 0 saturated carbocycles. The zero-order valence-electron chi connectivity index (χ0n) is 13.6. The summed E-state index contributed by atoms with van der Waals surface area (Å²) < 4.78 is 45.8. The average Bonchev–Trinajstić information content (AvgIpc) is 3.11. The fourth-order valence-electron chi connectivity index (χ4n) is 2.87. The lowest BCUT2D eigenvalue weighted by Gasteiger charge is -2.44. The van der Waals surface area contributed by atoms with E-state index in [2.05, 4.69) is 4.98 Å². The number of hydrogen-bond donors (Lipinski definition) is 3. The lowest BCUT2D eigenvalue weighted by molar-refractivity contribution is -0.402. The molecule has 10 nitrogen and oxygen atoms in total. The van der Waals surface area contributed by atoms with Gasteiger partial charge in [-0.2, -0.15) is 13.2 Å². The van der Waals surface area contributed by atoms with E-state index in [0.717, 1.165) is 18.3 Å². The summed E-state index contributed by atoms with van der Waals surface area (Å²) in [6, 6.07) is 0.961. The van der Waals surface area contributed by atoms with Crippen LogP contribution < -0.4 is 10.6 Å². The monoisotopic (exact) mass is 400 g/mol. The van der Waals surface area contributed by atoms with Crippen LogP contribution in [0.5, 0.6) is 0 Å². The molecule has 2 aromatic rings. The van der Waals surface area contributed by atoms with E-state index in [1.165, 1.54) is 23.6 Å². The van der Waals surface area contributed by atoms with Gasteiger partial charge in [-0.15, -0.1) is 0 Å². The number of Topliss-reactive ketones (excluding diaryl/α,β-unsaturated/α-hetero) is 1.